The molecular weight excluding hydrogens is 390 g/mol. The Hall–Kier alpha value is -3.60. The summed E-state index contributed by atoms with van der Waals surface area (Å²) in [6.45, 7) is 0.664. The molecule has 0 aliphatic heterocycles. The molecule has 0 unspecified atom stereocenters. The van der Waals surface area contributed by atoms with E-state index in [1.54, 1.807) is 24.3 Å². The standard InChI is InChI=1S/C26H25NO4/c28-26(29)17-19-6-4-10-23(16-19)30-14-15-31-27-25-11-5-9-22-18-21(12-13-24(22)25)20-7-2-1-3-8-20/h1-4,6-8,10,12-13,16,18H,5,9,11,14-15,17H2,(H,28,29). The Bertz CT molecular complexity index is 1080. The lowest BCUT2D eigenvalue weighted by Crippen LogP contribution is -2.13. The molecule has 1 N–H and O–H groups in total. The zero-order valence-corrected chi connectivity index (χ0v) is 17.3. The van der Waals surface area contributed by atoms with Crippen molar-refractivity contribution in [2.75, 3.05) is 13.2 Å². The van der Waals surface area contributed by atoms with Gasteiger partial charge >= 0.3 is 5.97 Å². The van der Waals surface area contributed by atoms with Crippen LogP contribution in [0.4, 0.5) is 0 Å². The highest BCUT2D eigenvalue weighted by Crippen LogP contribution is 2.28. The predicted octanol–water partition coefficient (Wildman–Crippen LogP) is 5.12. The summed E-state index contributed by atoms with van der Waals surface area (Å²) in [4.78, 5) is 16.4. The SMILES string of the molecule is O=C(O)Cc1cccc(OCCON=C2CCCc3cc(-c4ccccc4)ccc32)c1. The number of aliphatic carboxylic acids is 1. The molecule has 158 valence electrons. The van der Waals surface area contributed by atoms with Crippen LogP contribution in [0.3, 0.4) is 0 Å². The number of aryl methyl sites for hydroxylation is 1. The summed E-state index contributed by atoms with van der Waals surface area (Å²) in [5.41, 5.74) is 6.59. The van der Waals surface area contributed by atoms with Crippen LogP contribution in [0.15, 0.2) is 78.0 Å². The van der Waals surface area contributed by atoms with Crippen molar-refractivity contribution in [3.05, 3.63) is 89.5 Å². The number of ether oxygens (including phenoxy) is 1. The molecule has 1 aliphatic carbocycles. The van der Waals surface area contributed by atoms with Crippen molar-refractivity contribution in [1.29, 1.82) is 0 Å². The van der Waals surface area contributed by atoms with Gasteiger partial charge in [-0.2, -0.15) is 0 Å². The van der Waals surface area contributed by atoms with Gasteiger partial charge in [-0.1, -0.05) is 65.8 Å². The van der Waals surface area contributed by atoms with Crippen molar-refractivity contribution < 1.29 is 19.5 Å². The second-order valence-corrected chi connectivity index (χ2v) is 7.53. The quantitative estimate of drug-likeness (QED) is 0.410. The average molecular weight is 415 g/mol. The van der Waals surface area contributed by atoms with Crippen LogP contribution in [-0.4, -0.2) is 30.0 Å². The molecule has 4 rings (SSSR count). The third-order valence-corrected chi connectivity index (χ3v) is 5.25. The van der Waals surface area contributed by atoms with Gasteiger partial charge in [0, 0.05) is 5.56 Å². The van der Waals surface area contributed by atoms with E-state index in [4.69, 9.17) is 14.7 Å². The van der Waals surface area contributed by atoms with E-state index in [1.807, 2.05) is 6.07 Å². The van der Waals surface area contributed by atoms with Gasteiger partial charge in [-0.3, -0.25) is 4.79 Å². The van der Waals surface area contributed by atoms with Crippen LogP contribution in [0.5, 0.6) is 5.75 Å². The summed E-state index contributed by atoms with van der Waals surface area (Å²) in [6, 6.07) is 24.0. The van der Waals surface area contributed by atoms with E-state index in [0.29, 0.717) is 24.5 Å². The minimum absolute atomic E-state index is 0.0211. The van der Waals surface area contributed by atoms with Crippen molar-refractivity contribution >= 4 is 11.7 Å². The van der Waals surface area contributed by atoms with Gasteiger partial charge in [-0.25, -0.2) is 0 Å². The molecule has 0 heterocycles. The lowest BCUT2D eigenvalue weighted by atomic mass is 9.88. The van der Waals surface area contributed by atoms with Crippen LogP contribution in [-0.2, 0) is 22.5 Å². The largest absolute Gasteiger partial charge is 0.490 e. The van der Waals surface area contributed by atoms with Gasteiger partial charge in [0.15, 0.2) is 6.61 Å². The van der Waals surface area contributed by atoms with Crippen molar-refractivity contribution in [3.8, 4) is 16.9 Å². The maximum Gasteiger partial charge on any atom is 0.307 e. The van der Waals surface area contributed by atoms with E-state index in [0.717, 1.165) is 30.5 Å². The second kappa shape index (κ2) is 9.94. The zero-order valence-electron chi connectivity index (χ0n) is 17.3. The van der Waals surface area contributed by atoms with E-state index in [-0.39, 0.29) is 6.42 Å². The summed E-state index contributed by atoms with van der Waals surface area (Å²) in [6.07, 6.45) is 2.98. The van der Waals surface area contributed by atoms with E-state index in [2.05, 4.69) is 47.6 Å². The van der Waals surface area contributed by atoms with Gasteiger partial charge in [0.2, 0.25) is 0 Å². The number of oxime groups is 1. The van der Waals surface area contributed by atoms with E-state index in [1.165, 1.54) is 16.7 Å². The monoisotopic (exact) mass is 415 g/mol. The van der Waals surface area contributed by atoms with Crippen molar-refractivity contribution in [1.82, 2.24) is 0 Å². The fourth-order valence-corrected chi connectivity index (χ4v) is 3.81. The minimum atomic E-state index is -0.861. The number of rotatable bonds is 8. The Morgan fingerprint density at radius 1 is 0.903 bits per heavy atom. The molecular formula is C26H25NO4. The molecule has 0 aromatic heterocycles. The summed E-state index contributed by atoms with van der Waals surface area (Å²) >= 11 is 0. The van der Waals surface area contributed by atoms with Crippen LogP contribution in [0.1, 0.15) is 29.5 Å². The number of hydrogen-bond acceptors (Lipinski definition) is 4. The first kappa shape index (κ1) is 20.7. The van der Waals surface area contributed by atoms with Crippen molar-refractivity contribution in [3.63, 3.8) is 0 Å². The molecule has 0 bridgehead atoms. The first-order valence-corrected chi connectivity index (χ1v) is 10.5. The molecule has 0 spiro atoms. The second-order valence-electron chi connectivity index (χ2n) is 7.53. The fourth-order valence-electron chi connectivity index (χ4n) is 3.81. The van der Waals surface area contributed by atoms with Crippen LogP contribution in [0, 0.1) is 0 Å². The third kappa shape index (κ3) is 5.51. The Kier molecular flexibility index (Phi) is 6.62. The van der Waals surface area contributed by atoms with Crippen LogP contribution < -0.4 is 4.74 Å². The Balaban J connectivity index is 1.34. The maximum atomic E-state index is 10.8. The van der Waals surface area contributed by atoms with Crippen LogP contribution >= 0.6 is 0 Å². The summed E-state index contributed by atoms with van der Waals surface area (Å²) in [7, 11) is 0. The number of carboxylic acid groups (broad SMARTS) is 1. The normalized spacial score (nSPS) is 14.1. The van der Waals surface area contributed by atoms with Crippen LogP contribution in [0.25, 0.3) is 11.1 Å². The summed E-state index contributed by atoms with van der Waals surface area (Å²) < 4.78 is 5.66. The van der Waals surface area contributed by atoms with E-state index < -0.39 is 5.97 Å². The molecule has 3 aromatic rings. The molecule has 3 aromatic carbocycles. The summed E-state index contributed by atoms with van der Waals surface area (Å²) in [5.74, 6) is -0.230. The number of benzene rings is 3. The molecule has 5 nitrogen and oxygen atoms in total. The smallest absolute Gasteiger partial charge is 0.307 e. The minimum Gasteiger partial charge on any atom is -0.490 e. The van der Waals surface area contributed by atoms with Gasteiger partial charge in [-0.15, -0.1) is 0 Å². The van der Waals surface area contributed by atoms with Crippen molar-refractivity contribution in [2.24, 2.45) is 5.16 Å². The predicted molar refractivity (Wildman–Crippen MR) is 121 cm³/mol. The topological polar surface area (TPSA) is 68.1 Å². The number of hydrogen-bond donors (Lipinski definition) is 1. The molecule has 0 atom stereocenters. The van der Waals surface area contributed by atoms with Gasteiger partial charge in [0.1, 0.15) is 12.4 Å². The number of nitrogens with zero attached hydrogens (tertiary/aromatic N) is 1. The van der Waals surface area contributed by atoms with Gasteiger partial charge in [0.25, 0.3) is 0 Å². The van der Waals surface area contributed by atoms with Crippen molar-refractivity contribution in [2.45, 2.75) is 25.7 Å². The number of carbonyl (C=O) groups is 1. The molecule has 0 saturated heterocycles. The average Bonchev–Trinajstić information content (AvgIpc) is 2.79. The molecule has 31 heavy (non-hydrogen) atoms. The fraction of sp³-hybridized carbons (Fsp3) is 0.231. The molecule has 5 heteroatoms. The highest BCUT2D eigenvalue weighted by Gasteiger charge is 2.17. The molecule has 0 amide bonds. The molecule has 0 fully saturated rings. The first-order chi connectivity index (χ1) is 15.2. The summed E-state index contributed by atoms with van der Waals surface area (Å²) in [5, 5.41) is 13.3. The van der Waals surface area contributed by atoms with E-state index >= 15 is 0 Å². The Labute approximate surface area is 181 Å². The Morgan fingerprint density at radius 3 is 2.61 bits per heavy atom. The Morgan fingerprint density at radius 2 is 1.77 bits per heavy atom. The molecule has 1 aliphatic rings. The number of carboxylic acids is 1. The van der Waals surface area contributed by atoms with E-state index in [9.17, 15) is 4.79 Å². The maximum absolute atomic E-state index is 10.8. The van der Waals surface area contributed by atoms with Gasteiger partial charge in [-0.05, 0) is 53.6 Å². The lowest BCUT2D eigenvalue weighted by Gasteiger charge is -2.18. The first-order valence-electron chi connectivity index (χ1n) is 10.5. The zero-order chi connectivity index (χ0) is 21.5. The molecule has 0 saturated carbocycles. The highest BCUT2D eigenvalue weighted by atomic mass is 16.6. The third-order valence-electron chi connectivity index (χ3n) is 5.25. The van der Waals surface area contributed by atoms with Gasteiger partial charge < -0.3 is 14.7 Å². The number of fused-ring (bicyclic) bond motifs is 1. The molecule has 0 radical (unpaired) electrons. The lowest BCUT2D eigenvalue weighted by molar-refractivity contribution is -0.136. The highest BCUT2D eigenvalue weighted by molar-refractivity contribution is 6.02. The van der Waals surface area contributed by atoms with Crippen LogP contribution in [0.2, 0.25) is 0 Å². The van der Waals surface area contributed by atoms with Gasteiger partial charge in [0.05, 0.1) is 12.1 Å².